The normalized spacial score (nSPS) is 11.1. The standard InChI is InChI=1S/C22H17N3O3/c26-18-9-5-4-8-17(18)22-23-21(24-25(22)16-6-2-1-3-7-16)13-11-15-10-12-19(27)20(28)14-15/h1-14,26-28H/b13-11-. The molecule has 4 aromatic rings. The van der Waals surface area contributed by atoms with Gasteiger partial charge in [-0.2, -0.15) is 0 Å². The van der Waals surface area contributed by atoms with Crippen LogP contribution in [0.2, 0.25) is 0 Å². The summed E-state index contributed by atoms with van der Waals surface area (Å²) in [5.74, 6) is 0.698. The first-order valence-electron chi connectivity index (χ1n) is 8.63. The zero-order valence-corrected chi connectivity index (χ0v) is 14.8. The molecule has 0 aliphatic heterocycles. The Morgan fingerprint density at radius 3 is 2.21 bits per heavy atom. The number of phenols is 3. The van der Waals surface area contributed by atoms with Crippen molar-refractivity contribution in [2.45, 2.75) is 0 Å². The summed E-state index contributed by atoms with van der Waals surface area (Å²) < 4.78 is 1.67. The number of aromatic hydroxyl groups is 3. The van der Waals surface area contributed by atoms with Gasteiger partial charge in [-0.15, -0.1) is 5.10 Å². The van der Waals surface area contributed by atoms with Crippen LogP contribution in [-0.2, 0) is 0 Å². The van der Waals surface area contributed by atoms with E-state index in [2.05, 4.69) is 10.1 Å². The molecule has 1 heterocycles. The van der Waals surface area contributed by atoms with E-state index in [1.807, 2.05) is 36.4 Å². The second-order valence-corrected chi connectivity index (χ2v) is 6.14. The Hall–Kier alpha value is -4.06. The van der Waals surface area contributed by atoms with E-state index in [9.17, 15) is 15.3 Å². The number of phenolic OH excluding ortho intramolecular Hbond substituents is 3. The maximum Gasteiger partial charge on any atom is 0.175 e. The number of para-hydroxylation sites is 2. The van der Waals surface area contributed by atoms with Crippen molar-refractivity contribution in [3.05, 3.63) is 84.2 Å². The fourth-order valence-electron chi connectivity index (χ4n) is 2.80. The molecule has 0 unspecified atom stereocenters. The van der Waals surface area contributed by atoms with E-state index in [1.54, 1.807) is 41.1 Å². The smallest absolute Gasteiger partial charge is 0.175 e. The number of aromatic nitrogens is 3. The fraction of sp³-hybridized carbons (Fsp3) is 0. The molecule has 6 nitrogen and oxygen atoms in total. The lowest BCUT2D eigenvalue weighted by molar-refractivity contribution is 0.403. The first kappa shape index (κ1) is 17.4. The molecule has 6 heteroatoms. The van der Waals surface area contributed by atoms with E-state index in [0.717, 1.165) is 5.69 Å². The van der Waals surface area contributed by atoms with Crippen molar-refractivity contribution in [3.8, 4) is 34.3 Å². The topological polar surface area (TPSA) is 91.4 Å². The summed E-state index contributed by atoms with van der Waals surface area (Å²) in [6.45, 7) is 0. The molecule has 0 amide bonds. The van der Waals surface area contributed by atoms with Crippen LogP contribution in [0.5, 0.6) is 17.2 Å². The van der Waals surface area contributed by atoms with Gasteiger partial charge in [-0.3, -0.25) is 0 Å². The summed E-state index contributed by atoms with van der Waals surface area (Å²) in [6, 6.07) is 21.0. The predicted molar refractivity (Wildman–Crippen MR) is 107 cm³/mol. The largest absolute Gasteiger partial charge is 0.507 e. The molecule has 0 atom stereocenters. The Labute approximate surface area is 161 Å². The SMILES string of the molecule is Oc1ccc(/C=C\c2nc(-c3ccccc3O)n(-c3ccccc3)n2)cc1O. The van der Waals surface area contributed by atoms with E-state index in [4.69, 9.17) is 0 Å². The molecule has 0 spiro atoms. The first-order valence-corrected chi connectivity index (χ1v) is 8.63. The van der Waals surface area contributed by atoms with Crippen molar-refractivity contribution >= 4 is 12.2 Å². The third kappa shape index (κ3) is 3.43. The van der Waals surface area contributed by atoms with E-state index >= 15 is 0 Å². The van der Waals surface area contributed by atoms with Crippen LogP contribution >= 0.6 is 0 Å². The Bertz CT molecular complexity index is 1150. The van der Waals surface area contributed by atoms with Crippen molar-refractivity contribution in [3.63, 3.8) is 0 Å². The van der Waals surface area contributed by atoms with Crippen LogP contribution in [0.25, 0.3) is 29.2 Å². The number of hydrogen-bond acceptors (Lipinski definition) is 5. The molecule has 28 heavy (non-hydrogen) atoms. The van der Waals surface area contributed by atoms with Crippen LogP contribution in [0.3, 0.4) is 0 Å². The van der Waals surface area contributed by atoms with E-state index in [0.29, 0.717) is 22.8 Å². The second kappa shape index (κ2) is 7.28. The maximum absolute atomic E-state index is 10.3. The minimum absolute atomic E-state index is 0.117. The molecule has 1 aromatic heterocycles. The number of benzene rings is 3. The van der Waals surface area contributed by atoms with Gasteiger partial charge in [0, 0.05) is 0 Å². The predicted octanol–water partition coefficient (Wildman–Crippen LogP) is 4.22. The number of rotatable bonds is 4. The van der Waals surface area contributed by atoms with Crippen molar-refractivity contribution in [1.29, 1.82) is 0 Å². The maximum atomic E-state index is 10.3. The third-order valence-corrected chi connectivity index (χ3v) is 4.19. The molecule has 0 saturated heterocycles. The highest BCUT2D eigenvalue weighted by Crippen LogP contribution is 2.30. The quantitative estimate of drug-likeness (QED) is 0.467. The summed E-state index contributed by atoms with van der Waals surface area (Å²) in [5, 5.41) is 33.9. The van der Waals surface area contributed by atoms with Crippen molar-refractivity contribution in [1.82, 2.24) is 14.8 Å². The highest BCUT2D eigenvalue weighted by atomic mass is 16.3. The summed E-state index contributed by atoms with van der Waals surface area (Å²) in [6.07, 6.45) is 3.44. The lowest BCUT2D eigenvalue weighted by atomic mass is 10.2. The van der Waals surface area contributed by atoms with Crippen LogP contribution in [0, 0.1) is 0 Å². The van der Waals surface area contributed by atoms with Crippen molar-refractivity contribution in [2.75, 3.05) is 0 Å². The monoisotopic (exact) mass is 371 g/mol. The van der Waals surface area contributed by atoms with Gasteiger partial charge in [-0.25, -0.2) is 9.67 Å². The van der Waals surface area contributed by atoms with Crippen LogP contribution in [0.1, 0.15) is 11.4 Å². The first-order chi connectivity index (χ1) is 13.6. The van der Waals surface area contributed by atoms with E-state index < -0.39 is 0 Å². The molecule has 0 saturated carbocycles. The van der Waals surface area contributed by atoms with Crippen molar-refractivity contribution < 1.29 is 15.3 Å². The molecule has 0 aliphatic rings. The molecule has 3 aromatic carbocycles. The molecule has 138 valence electrons. The Morgan fingerprint density at radius 1 is 0.714 bits per heavy atom. The Balaban J connectivity index is 1.78. The highest BCUT2D eigenvalue weighted by Gasteiger charge is 2.15. The second-order valence-electron chi connectivity index (χ2n) is 6.14. The van der Waals surface area contributed by atoms with E-state index in [1.165, 1.54) is 12.1 Å². The van der Waals surface area contributed by atoms with Gasteiger partial charge in [-0.1, -0.05) is 42.5 Å². The van der Waals surface area contributed by atoms with Gasteiger partial charge in [0.1, 0.15) is 5.75 Å². The van der Waals surface area contributed by atoms with Gasteiger partial charge >= 0.3 is 0 Å². The Kier molecular flexibility index (Phi) is 4.51. The van der Waals surface area contributed by atoms with Crippen LogP contribution in [0.15, 0.2) is 72.8 Å². The third-order valence-electron chi connectivity index (χ3n) is 4.19. The zero-order chi connectivity index (χ0) is 19.5. The van der Waals surface area contributed by atoms with Gasteiger partial charge in [0.15, 0.2) is 23.1 Å². The van der Waals surface area contributed by atoms with Gasteiger partial charge < -0.3 is 15.3 Å². The lowest BCUT2D eigenvalue weighted by Gasteiger charge is -2.06. The summed E-state index contributed by atoms with van der Waals surface area (Å²) in [4.78, 5) is 4.57. The average Bonchev–Trinajstić information content (AvgIpc) is 3.14. The molecule has 3 N–H and O–H groups in total. The summed E-state index contributed by atoms with van der Waals surface area (Å²) in [7, 11) is 0. The molecule has 0 radical (unpaired) electrons. The molecular formula is C22H17N3O3. The number of nitrogens with zero attached hydrogens (tertiary/aromatic N) is 3. The molecule has 0 fully saturated rings. The average molecular weight is 371 g/mol. The number of hydrogen-bond donors (Lipinski definition) is 3. The van der Waals surface area contributed by atoms with Gasteiger partial charge in [0.25, 0.3) is 0 Å². The zero-order valence-electron chi connectivity index (χ0n) is 14.8. The van der Waals surface area contributed by atoms with Crippen LogP contribution in [-0.4, -0.2) is 30.1 Å². The van der Waals surface area contributed by atoms with Gasteiger partial charge in [0.05, 0.1) is 11.3 Å². The summed E-state index contributed by atoms with van der Waals surface area (Å²) in [5.41, 5.74) is 2.08. The minimum Gasteiger partial charge on any atom is -0.507 e. The van der Waals surface area contributed by atoms with Crippen LogP contribution in [0.4, 0.5) is 0 Å². The fourth-order valence-corrected chi connectivity index (χ4v) is 2.80. The molecule has 0 bridgehead atoms. The molecule has 0 aliphatic carbocycles. The highest BCUT2D eigenvalue weighted by molar-refractivity contribution is 5.71. The van der Waals surface area contributed by atoms with Gasteiger partial charge in [-0.05, 0) is 48.0 Å². The minimum atomic E-state index is -0.195. The molecular weight excluding hydrogens is 354 g/mol. The molecule has 4 rings (SSSR count). The lowest BCUT2D eigenvalue weighted by Crippen LogP contribution is -1.99. The van der Waals surface area contributed by atoms with E-state index in [-0.39, 0.29) is 17.2 Å². The summed E-state index contributed by atoms with van der Waals surface area (Å²) >= 11 is 0. The van der Waals surface area contributed by atoms with Crippen molar-refractivity contribution in [2.24, 2.45) is 0 Å². The van der Waals surface area contributed by atoms with Crippen LogP contribution < -0.4 is 0 Å². The Morgan fingerprint density at radius 2 is 1.46 bits per heavy atom. The van der Waals surface area contributed by atoms with Gasteiger partial charge in [0.2, 0.25) is 0 Å².